The molecule has 8 nitrogen and oxygen atoms in total. The van der Waals surface area contributed by atoms with Gasteiger partial charge in [-0.05, 0) is 41.5 Å². The molecule has 3 aliphatic rings. The zero-order valence-electron chi connectivity index (χ0n) is 21.3. The molecule has 2 saturated heterocycles. The molecule has 2 aromatic carbocycles. The van der Waals surface area contributed by atoms with Gasteiger partial charge >= 0.3 is 0 Å². The van der Waals surface area contributed by atoms with Gasteiger partial charge in [-0.3, -0.25) is 0 Å². The average molecular weight is 500 g/mol. The van der Waals surface area contributed by atoms with Crippen LogP contribution >= 0.6 is 0 Å². The van der Waals surface area contributed by atoms with E-state index in [-0.39, 0.29) is 6.04 Å². The van der Waals surface area contributed by atoms with Crippen molar-refractivity contribution < 1.29 is 14.2 Å². The van der Waals surface area contributed by atoms with Crippen molar-refractivity contribution in [2.45, 2.75) is 12.5 Å². The fourth-order valence-electron chi connectivity index (χ4n) is 5.22. The van der Waals surface area contributed by atoms with E-state index in [1.54, 1.807) is 7.11 Å². The number of morpholine rings is 2. The van der Waals surface area contributed by atoms with Gasteiger partial charge in [0, 0.05) is 50.0 Å². The lowest BCUT2D eigenvalue weighted by atomic mass is 9.98. The quantitative estimate of drug-likeness (QED) is 0.506. The summed E-state index contributed by atoms with van der Waals surface area (Å²) < 4.78 is 16.4. The Balaban J connectivity index is 1.28. The summed E-state index contributed by atoms with van der Waals surface area (Å²) in [4.78, 5) is 9.45. The number of hydrazone groups is 1. The number of nitrogens with zero attached hydrogens (tertiary/aromatic N) is 5. The number of rotatable bonds is 6. The molecule has 0 spiro atoms. The number of ether oxygens (including phenoxy) is 3. The SMILES string of the molecule is COc1cccc(N2N=C(c3ccc(N4CCOCC4)cc3)CC2c2ccc(N3CCOCC3)cc2)n1. The van der Waals surface area contributed by atoms with E-state index in [0.717, 1.165) is 76.1 Å². The number of pyridine rings is 1. The van der Waals surface area contributed by atoms with Gasteiger partial charge in [0.25, 0.3) is 0 Å². The van der Waals surface area contributed by atoms with E-state index in [2.05, 4.69) is 58.3 Å². The van der Waals surface area contributed by atoms with Crippen molar-refractivity contribution in [1.29, 1.82) is 0 Å². The van der Waals surface area contributed by atoms with Crippen LogP contribution in [0.5, 0.6) is 5.88 Å². The monoisotopic (exact) mass is 499 g/mol. The van der Waals surface area contributed by atoms with Crippen LogP contribution in [-0.4, -0.2) is 70.4 Å². The Hall–Kier alpha value is -3.62. The van der Waals surface area contributed by atoms with E-state index in [4.69, 9.17) is 24.3 Å². The molecule has 37 heavy (non-hydrogen) atoms. The first-order valence-electron chi connectivity index (χ1n) is 13.0. The minimum atomic E-state index is 0.0484. The first kappa shape index (κ1) is 23.8. The van der Waals surface area contributed by atoms with Gasteiger partial charge in [-0.1, -0.05) is 30.3 Å². The van der Waals surface area contributed by atoms with E-state index in [0.29, 0.717) is 5.88 Å². The Morgan fingerprint density at radius 1 is 0.757 bits per heavy atom. The van der Waals surface area contributed by atoms with Crippen molar-refractivity contribution in [1.82, 2.24) is 4.98 Å². The van der Waals surface area contributed by atoms with Gasteiger partial charge in [0.1, 0.15) is 0 Å². The largest absolute Gasteiger partial charge is 0.481 e. The smallest absolute Gasteiger partial charge is 0.214 e. The van der Waals surface area contributed by atoms with Crippen molar-refractivity contribution in [2.24, 2.45) is 5.10 Å². The maximum Gasteiger partial charge on any atom is 0.214 e. The molecular formula is C29H33N5O3. The second kappa shape index (κ2) is 10.8. The molecule has 2 fully saturated rings. The van der Waals surface area contributed by atoms with E-state index in [1.165, 1.54) is 16.9 Å². The highest BCUT2D eigenvalue weighted by Gasteiger charge is 2.31. The molecule has 1 unspecified atom stereocenters. The van der Waals surface area contributed by atoms with Crippen LogP contribution < -0.4 is 19.5 Å². The van der Waals surface area contributed by atoms with Gasteiger partial charge in [0.05, 0.1) is 45.3 Å². The van der Waals surface area contributed by atoms with Gasteiger partial charge in [-0.2, -0.15) is 10.1 Å². The topological polar surface area (TPSA) is 62.7 Å². The molecular weight excluding hydrogens is 466 g/mol. The molecule has 3 aliphatic heterocycles. The molecule has 0 radical (unpaired) electrons. The Labute approximate surface area is 218 Å². The highest BCUT2D eigenvalue weighted by Crippen LogP contribution is 2.37. The van der Waals surface area contributed by atoms with Crippen LogP contribution in [0.3, 0.4) is 0 Å². The molecule has 3 aromatic rings. The second-order valence-corrected chi connectivity index (χ2v) is 9.49. The molecule has 0 amide bonds. The standard InChI is InChI=1S/C29H33N5O3/c1-35-29-4-2-3-28(30-29)34-27(23-7-11-25(12-8-23)33-15-19-37-20-16-33)21-26(31-34)22-5-9-24(10-6-22)32-13-17-36-18-14-32/h2-12,27H,13-21H2,1H3. The summed E-state index contributed by atoms with van der Waals surface area (Å²) in [6.07, 6.45) is 0.798. The first-order chi connectivity index (χ1) is 18.3. The number of methoxy groups -OCH3 is 1. The third-order valence-electron chi connectivity index (χ3n) is 7.29. The van der Waals surface area contributed by atoms with Gasteiger partial charge < -0.3 is 24.0 Å². The first-order valence-corrected chi connectivity index (χ1v) is 13.0. The highest BCUT2D eigenvalue weighted by atomic mass is 16.5. The molecule has 4 heterocycles. The van der Waals surface area contributed by atoms with Gasteiger partial charge in [0.15, 0.2) is 5.82 Å². The van der Waals surface area contributed by atoms with Gasteiger partial charge in [0.2, 0.25) is 5.88 Å². The summed E-state index contributed by atoms with van der Waals surface area (Å²) in [6.45, 7) is 6.83. The second-order valence-electron chi connectivity index (χ2n) is 9.49. The van der Waals surface area contributed by atoms with Crippen LogP contribution in [-0.2, 0) is 9.47 Å². The molecule has 1 aromatic heterocycles. The molecule has 6 rings (SSSR count). The zero-order chi connectivity index (χ0) is 25.0. The lowest BCUT2D eigenvalue weighted by Crippen LogP contribution is -2.36. The Morgan fingerprint density at radius 2 is 1.35 bits per heavy atom. The number of aromatic nitrogens is 1. The maximum atomic E-state index is 5.51. The molecule has 1 atom stereocenters. The minimum Gasteiger partial charge on any atom is -0.481 e. The van der Waals surface area contributed by atoms with Crippen molar-refractivity contribution in [3.8, 4) is 5.88 Å². The van der Waals surface area contributed by atoms with Crippen molar-refractivity contribution >= 4 is 22.9 Å². The Kier molecular flexibility index (Phi) is 6.92. The van der Waals surface area contributed by atoms with Crippen LogP contribution in [0.15, 0.2) is 71.8 Å². The fraction of sp³-hybridized carbons (Fsp3) is 0.379. The number of hydrogen-bond donors (Lipinski definition) is 0. The molecule has 0 saturated carbocycles. The van der Waals surface area contributed by atoms with Gasteiger partial charge in [-0.25, -0.2) is 5.01 Å². The number of hydrogen-bond acceptors (Lipinski definition) is 8. The van der Waals surface area contributed by atoms with Crippen molar-refractivity contribution in [2.75, 3.05) is 74.5 Å². The van der Waals surface area contributed by atoms with Crippen molar-refractivity contribution in [3.05, 3.63) is 77.9 Å². The summed E-state index contributed by atoms with van der Waals surface area (Å²) in [5.74, 6) is 1.36. The fourth-order valence-corrected chi connectivity index (χ4v) is 5.22. The molecule has 192 valence electrons. The normalized spacial score (nSPS) is 20.2. The number of anilines is 3. The molecule has 0 aliphatic carbocycles. The summed E-state index contributed by atoms with van der Waals surface area (Å²) in [6, 6.07) is 23.5. The third kappa shape index (κ3) is 5.12. The van der Waals surface area contributed by atoms with Crippen LogP contribution in [0.25, 0.3) is 0 Å². The van der Waals surface area contributed by atoms with Crippen LogP contribution in [0.4, 0.5) is 17.2 Å². The van der Waals surface area contributed by atoms with E-state index < -0.39 is 0 Å². The van der Waals surface area contributed by atoms with Gasteiger partial charge in [-0.15, -0.1) is 0 Å². The molecule has 8 heteroatoms. The summed E-state index contributed by atoms with van der Waals surface area (Å²) in [5, 5.41) is 7.13. The predicted octanol–water partition coefficient (Wildman–Crippen LogP) is 4.12. The third-order valence-corrected chi connectivity index (χ3v) is 7.29. The lowest BCUT2D eigenvalue weighted by molar-refractivity contribution is 0.122. The summed E-state index contributed by atoms with van der Waals surface area (Å²) in [7, 11) is 1.64. The Bertz CT molecular complexity index is 1220. The van der Waals surface area contributed by atoms with Crippen LogP contribution in [0.1, 0.15) is 23.6 Å². The zero-order valence-corrected chi connectivity index (χ0v) is 21.3. The molecule has 0 N–H and O–H groups in total. The lowest BCUT2D eigenvalue weighted by Gasteiger charge is -2.29. The van der Waals surface area contributed by atoms with Crippen LogP contribution in [0, 0.1) is 0 Å². The average Bonchev–Trinajstić information content (AvgIpc) is 3.44. The number of benzene rings is 2. The predicted molar refractivity (Wildman–Crippen MR) is 146 cm³/mol. The van der Waals surface area contributed by atoms with E-state index >= 15 is 0 Å². The highest BCUT2D eigenvalue weighted by molar-refractivity contribution is 6.03. The summed E-state index contributed by atoms with van der Waals surface area (Å²) >= 11 is 0. The summed E-state index contributed by atoms with van der Waals surface area (Å²) in [5.41, 5.74) is 5.87. The maximum absolute atomic E-state index is 5.51. The van der Waals surface area contributed by atoms with E-state index in [1.807, 2.05) is 23.2 Å². The molecule has 0 bridgehead atoms. The Morgan fingerprint density at radius 3 is 1.95 bits per heavy atom. The van der Waals surface area contributed by atoms with Crippen LogP contribution in [0.2, 0.25) is 0 Å². The minimum absolute atomic E-state index is 0.0484. The van der Waals surface area contributed by atoms with E-state index in [9.17, 15) is 0 Å². The van der Waals surface area contributed by atoms with Crippen molar-refractivity contribution in [3.63, 3.8) is 0 Å².